The summed E-state index contributed by atoms with van der Waals surface area (Å²) in [5.74, 6) is 1.60. The maximum absolute atomic E-state index is 6.08. The molecular formula is C16H21NO3. The molecule has 0 aliphatic heterocycles. The smallest absolute Gasteiger partial charge is 0.134 e. The number of rotatable bonds is 8. The predicted octanol–water partition coefficient (Wildman–Crippen LogP) is 3.15. The first-order valence-corrected chi connectivity index (χ1v) is 6.89. The molecule has 0 aliphatic rings. The first kappa shape index (κ1) is 14.6. The van der Waals surface area contributed by atoms with Crippen molar-refractivity contribution in [1.82, 2.24) is 0 Å². The molecule has 0 bridgehead atoms. The molecule has 2 atom stereocenters. The van der Waals surface area contributed by atoms with Gasteiger partial charge in [0, 0.05) is 6.04 Å². The Morgan fingerprint density at radius 3 is 2.55 bits per heavy atom. The van der Waals surface area contributed by atoms with Crippen LogP contribution in [0, 0.1) is 0 Å². The second-order valence-corrected chi connectivity index (χ2v) is 4.54. The molecule has 20 heavy (non-hydrogen) atoms. The second-order valence-electron chi connectivity index (χ2n) is 4.54. The molecule has 108 valence electrons. The molecule has 0 radical (unpaired) electrons. The molecule has 1 aromatic heterocycles. The Kier molecular flexibility index (Phi) is 5.65. The summed E-state index contributed by atoms with van der Waals surface area (Å²) in [7, 11) is 0. The van der Waals surface area contributed by atoms with E-state index in [0.29, 0.717) is 13.2 Å². The molecule has 0 amide bonds. The lowest BCUT2D eigenvalue weighted by atomic mass is 10.1. The molecule has 2 rings (SSSR count). The van der Waals surface area contributed by atoms with Gasteiger partial charge in [-0.2, -0.15) is 0 Å². The molecule has 2 aromatic rings. The predicted molar refractivity (Wildman–Crippen MR) is 77.6 cm³/mol. The van der Waals surface area contributed by atoms with Crippen LogP contribution in [0.4, 0.5) is 0 Å². The fraction of sp³-hybridized carbons (Fsp3) is 0.375. The molecule has 0 fully saturated rings. The third kappa shape index (κ3) is 4.11. The lowest BCUT2D eigenvalue weighted by Crippen LogP contribution is -2.30. The molecule has 1 heterocycles. The van der Waals surface area contributed by atoms with E-state index < -0.39 is 0 Å². The topological polar surface area (TPSA) is 57.6 Å². The Morgan fingerprint density at radius 2 is 1.90 bits per heavy atom. The first-order valence-electron chi connectivity index (χ1n) is 6.89. The van der Waals surface area contributed by atoms with Gasteiger partial charge in [-0.25, -0.2) is 0 Å². The minimum absolute atomic E-state index is 0.0853. The summed E-state index contributed by atoms with van der Waals surface area (Å²) in [5, 5.41) is 0. The van der Waals surface area contributed by atoms with Gasteiger partial charge in [0.1, 0.15) is 24.2 Å². The van der Waals surface area contributed by atoms with E-state index in [0.717, 1.165) is 17.9 Å². The number of benzene rings is 1. The van der Waals surface area contributed by atoms with Crippen LogP contribution in [-0.2, 0) is 4.74 Å². The summed E-state index contributed by atoms with van der Waals surface area (Å²) >= 11 is 0. The van der Waals surface area contributed by atoms with Gasteiger partial charge in [-0.3, -0.25) is 0 Å². The van der Waals surface area contributed by atoms with Crippen molar-refractivity contribution in [2.45, 2.75) is 25.5 Å². The molecule has 4 nitrogen and oxygen atoms in total. The molecule has 0 saturated heterocycles. The minimum atomic E-state index is -0.227. The van der Waals surface area contributed by atoms with Crippen LogP contribution >= 0.6 is 0 Å². The van der Waals surface area contributed by atoms with Crippen LogP contribution < -0.4 is 10.5 Å². The SMILES string of the molecule is CCC(N)C(OCCOc1ccccc1)c1ccco1. The first-order chi connectivity index (χ1) is 9.81. The molecule has 2 unspecified atom stereocenters. The Morgan fingerprint density at radius 1 is 1.10 bits per heavy atom. The van der Waals surface area contributed by atoms with Gasteiger partial charge in [-0.05, 0) is 30.7 Å². The van der Waals surface area contributed by atoms with Gasteiger partial charge < -0.3 is 19.6 Å². The summed E-state index contributed by atoms with van der Waals surface area (Å²) in [6, 6.07) is 13.3. The zero-order valence-corrected chi connectivity index (χ0v) is 11.7. The zero-order valence-electron chi connectivity index (χ0n) is 11.7. The molecule has 1 aromatic carbocycles. The van der Waals surface area contributed by atoms with Crippen molar-refractivity contribution in [2.75, 3.05) is 13.2 Å². The fourth-order valence-electron chi connectivity index (χ4n) is 1.94. The molecule has 4 heteroatoms. The van der Waals surface area contributed by atoms with Gasteiger partial charge in [-0.15, -0.1) is 0 Å². The Labute approximate surface area is 119 Å². The number of hydrogen-bond acceptors (Lipinski definition) is 4. The zero-order chi connectivity index (χ0) is 14.2. The summed E-state index contributed by atoms with van der Waals surface area (Å²) in [6.45, 7) is 2.98. The Hall–Kier alpha value is -1.78. The normalized spacial score (nSPS) is 13.9. The van der Waals surface area contributed by atoms with Crippen LogP contribution in [0.25, 0.3) is 0 Å². The van der Waals surface area contributed by atoms with Crippen LogP contribution in [0.1, 0.15) is 25.2 Å². The summed E-state index contributed by atoms with van der Waals surface area (Å²) in [6.07, 6.45) is 2.23. The summed E-state index contributed by atoms with van der Waals surface area (Å²) < 4.78 is 16.8. The third-order valence-corrected chi connectivity index (χ3v) is 3.08. The fourth-order valence-corrected chi connectivity index (χ4v) is 1.94. The van der Waals surface area contributed by atoms with Crippen molar-refractivity contribution < 1.29 is 13.9 Å². The van der Waals surface area contributed by atoms with E-state index in [-0.39, 0.29) is 12.1 Å². The van der Waals surface area contributed by atoms with Crippen molar-refractivity contribution in [3.05, 3.63) is 54.5 Å². The highest BCUT2D eigenvalue weighted by molar-refractivity contribution is 5.20. The monoisotopic (exact) mass is 275 g/mol. The van der Waals surface area contributed by atoms with E-state index in [1.807, 2.05) is 49.4 Å². The maximum atomic E-state index is 6.08. The van der Waals surface area contributed by atoms with E-state index >= 15 is 0 Å². The average Bonchev–Trinajstić information content (AvgIpc) is 3.01. The van der Waals surface area contributed by atoms with E-state index in [2.05, 4.69) is 0 Å². The van der Waals surface area contributed by atoms with Gasteiger partial charge in [-0.1, -0.05) is 25.1 Å². The minimum Gasteiger partial charge on any atom is -0.491 e. The summed E-state index contributed by atoms with van der Waals surface area (Å²) in [4.78, 5) is 0. The van der Waals surface area contributed by atoms with Gasteiger partial charge in [0.25, 0.3) is 0 Å². The van der Waals surface area contributed by atoms with Crippen molar-refractivity contribution >= 4 is 0 Å². The number of furan rings is 1. The highest BCUT2D eigenvalue weighted by Crippen LogP contribution is 2.22. The number of nitrogens with two attached hydrogens (primary N) is 1. The van der Waals surface area contributed by atoms with Crippen LogP contribution in [0.3, 0.4) is 0 Å². The highest BCUT2D eigenvalue weighted by atomic mass is 16.5. The largest absolute Gasteiger partial charge is 0.491 e. The van der Waals surface area contributed by atoms with E-state index in [9.17, 15) is 0 Å². The van der Waals surface area contributed by atoms with Crippen LogP contribution in [0.15, 0.2) is 53.1 Å². The van der Waals surface area contributed by atoms with Crippen molar-refractivity contribution in [1.29, 1.82) is 0 Å². The molecule has 0 aliphatic carbocycles. The average molecular weight is 275 g/mol. The van der Waals surface area contributed by atoms with Gasteiger partial charge in [0.15, 0.2) is 0 Å². The van der Waals surface area contributed by atoms with Gasteiger partial charge in [0.05, 0.1) is 12.9 Å². The van der Waals surface area contributed by atoms with Crippen molar-refractivity contribution in [2.24, 2.45) is 5.73 Å². The van der Waals surface area contributed by atoms with E-state index in [4.69, 9.17) is 19.6 Å². The number of hydrogen-bond donors (Lipinski definition) is 1. The molecule has 0 spiro atoms. The Bertz CT molecular complexity index is 470. The highest BCUT2D eigenvalue weighted by Gasteiger charge is 2.21. The second kappa shape index (κ2) is 7.72. The lowest BCUT2D eigenvalue weighted by Gasteiger charge is -2.21. The van der Waals surface area contributed by atoms with Crippen LogP contribution in [-0.4, -0.2) is 19.3 Å². The summed E-state index contributed by atoms with van der Waals surface area (Å²) in [5.41, 5.74) is 6.08. The quantitative estimate of drug-likeness (QED) is 0.752. The third-order valence-electron chi connectivity index (χ3n) is 3.08. The standard InChI is InChI=1S/C16H21NO3/c1-2-14(17)16(15-9-6-10-19-15)20-12-11-18-13-7-4-3-5-8-13/h3-10,14,16H,2,11-12,17H2,1H3. The van der Waals surface area contributed by atoms with Gasteiger partial charge in [0.2, 0.25) is 0 Å². The maximum Gasteiger partial charge on any atom is 0.134 e. The number of para-hydroxylation sites is 1. The molecule has 0 saturated carbocycles. The number of ether oxygens (including phenoxy) is 2. The Balaban J connectivity index is 1.81. The van der Waals surface area contributed by atoms with Crippen molar-refractivity contribution in [3.63, 3.8) is 0 Å². The van der Waals surface area contributed by atoms with Gasteiger partial charge >= 0.3 is 0 Å². The molecular weight excluding hydrogens is 254 g/mol. The van der Waals surface area contributed by atoms with E-state index in [1.165, 1.54) is 0 Å². The van der Waals surface area contributed by atoms with E-state index in [1.54, 1.807) is 6.26 Å². The van der Waals surface area contributed by atoms with Crippen LogP contribution in [0.2, 0.25) is 0 Å². The van der Waals surface area contributed by atoms with Crippen LogP contribution in [0.5, 0.6) is 5.75 Å². The van der Waals surface area contributed by atoms with Crippen molar-refractivity contribution in [3.8, 4) is 5.75 Å². The lowest BCUT2D eigenvalue weighted by molar-refractivity contribution is 0.00441. The molecule has 2 N–H and O–H groups in total.